The van der Waals surface area contributed by atoms with Gasteiger partial charge in [-0.25, -0.2) is 24.3 Å². The highest BCUT2D eigenvalue weighted by Gasteiger charge is 2.45. The van der Waals surface area contributed by atoms with Gasteiger partial charge in [0.15, 0.2) is 11.5 Å². The van der Waals surface area contributed by atoms with Crippen LogP contribution in [0.3, 0.4) is 0 Å². The minimum absolute atomic E-state index is 0.0106. The molecule has 4 atom stereocenters. The SMILES string of the molecule is C=CCn1c(=O)c2cnc(Nc3ccc(N4CCN(CCOCCOCCOCCC(=O)N[C@H](C(=O)N5C[C@H](O)C[C@H]5C(=O)N[C@@H](C)c5ccc(-c6scnc6C)cc5)C(C)(C)C)CC4)cc3)nc2n1-c1cccc(C(C)(C)O)n1. The second-order valence-corrected chi connectivity index (χ2v) is 22.7. The van der Waals surface area contributed by atoms with Gasteiger partial charge in [-0.3, -0.25) is 24.1 Å². The number of amides is 3. The van der Waals surface area contributed by atoms with E-state index in [2.05, 4.69) is 59.4 Å². The van der Waals surface area contributed by atoms with Gasteiger partial charge in [0.2, 0.25) is 23.7 Å². The van der Waals surface area contributed by atoms with Gasteiger partial charge in [0.1, 0.15) is 23.1 Å². The molecule has 2 saturated heterocycles. The number of likely N-dealkylation sites (tertiary alicyclic amines) is 1. The quantitative estimate of drug-likeness (QED) is 0.0351. The molecule has 0 unspecified atom stereocenters. The van der Waals surface area contributed by atoms with Crippen LogP contribution in [0.4, 0.5) is 17.3 Å². The number of allylic oxidation sites excluding steroid dienone is 1. The standard InChI is InChI=1S/C58H76N12O9S/c1-9-22-69-54(74)45-35-59-56(65-52(45)70(69)48-12-10-11-47(63-48)58(7,8)76)62-42-17-19-43(20-18-42)67-25-23-66(24-26-67)27-29-78-31-33-79-32-30-77-28-21-49(72)64-51(57(4,5)6)55(75)68-36-44(71)34-46(68)53(73)61-38(2)40-13-15-41(16-14-40)50-39(3)60-37-80-50/h9-20,35,37-38,44,46,51,71,76H,1,21-34,36H2,2-8H3,(H,61,73)(H,64,72)(H,59,62,65)/t38-,44+,46-,51+/m0/s1. The van der Waals surface area contributed by atoms with Crippen molar-refractivity contribution in [2.75, 3.05) is 89.1 Å². The van der Waals surface area contributed by atoms with E-state index in [1.165, 1.54) is 15.8 Å². The largest absolute Gasteiger partial charge is 0.391 e. The molecular formula is C58H76N12O9S. The van der Waals surface area contributed by atoms with Gasteiger partial charge >= 0.3 is 0 Å². The molecule has 6 heterocycles. The lowest BCUT2D eigenvalue weighted by molar-refractivity contribution is -0.144. The van der Waals surface area contributed by atoms with Gasteiger partial charge in [0.05, 0.1) is 80.1 Å². The number of aromatic nitrogens is 6. The molecule has 8 rings (SSSR count). The fourth-order valence-electron chi connectivity index (χ4n) is 9.75. The molecule has 80 heavy (non-hydrogen) atoms. The monoisotopic (exact) mass is 1120 g/mol. The van der Waals surface area contributed by atoms with E-state index in [9.17, 15) is 29.4 Å². The molecule has 3 amide bonds. The van der Waals surface area contributed by atoms with Crippen molar-refractivity contribution < 1.29 is 38.8 Å². The molecule has 5 N–H and O–H groups in total. The predicted octanol–water partition coefficient (Wildman–Crippen LogP) is 5.50. The van der Waals surface area contributed by atoms with Crippen molar-refractivity contribution in [3.8, 4) is 16.3 Å². The number of anilines is 3. The number of ether oxygens (including phenoxy) is 3. The Kier molecular flexibility index (Phi) is 19.7. The maximum Gasteiger partial charge on any atom is 0.278 e. The van der Waals surface area contributed by atoms with Crippen molar-refractivity contribution in [2.24, 2.45) is 5.41 Å². The molecule has 2 aliphatic rings. The summed E-state index contributed by atoms with van der Waals surface area (Å²) < 4.78 is 20.4. The molecule has 21 nitrogen and oxygen atoms in total. The number of aryl methyl sites for hydroxylation is 1. The Balaban J connectivity index is 0.693. The van der Waals surface area contributed by atoms with Crippen LogP contribution in [0, 0.1) is 12.3 Å². The van der Waals surface area contributed by atoms with Crippen LogP contribution in [0.1, 0.15) is 77.4 Å². The lowest BCUT2D eigenvalue weighted by Crippen LogP contribution is -2.58. The molecular weight excluding hydrogens is 1040 g/mol. The van der Waals surface area contributed by atoms with Crippen molar-refractivity contribution in [3.05, 3.63) is 118 Å². The first-order valence-electron chi connectivity index (χ1n) is 27.2. The maximum absolute atomic E-state index is 14.1. The number of aliphatic hydroxyl groups excluding tert-OH is 1. The van der Waals surface area contributed by atoms with Gasteiger partial charge in [-0.1, -0.05) is 57.2 Å². The fourth-order valence-corrected chi connectivity index (χ4v) is 10.6. The van der Waals surface area contributed by atoms with Crippen LogP contribution in [-0.2, 0) is 40.7 Å². The molecule has 0 aliphatic carbocycles. The number of carbonyl (C=O) groups is 3. The van der Waals surface area contributed by atoms with Gasteiger partial charge < -0.3 is 50.2 Å². The number of thiazole rings is 1. The van der Waals surface area contributed by atoms with Crippen LogP contribution in [0.25, 0.3) is 27.3 Å². The van der Waals surface area contributed by atoms with Crippen LogP contribution >= 0.6 is 11.3 Å². The number of hydrogen-bond donors (Lipinski definition) is 5. The van der Waals surface area contributed by atoms with Gasteiger partial charge in [0, 0.05) is 69.7 Å². The van der Waals surface area contributed by atoms with Gasteiger partial charge in [-0.05, 0) is 80.6 Å². The highest BCUT2D eigenvalue weighted by atomic mass is 32.1. The summed E-state index contributed by atoms with van der Waals surface area (Å²) in [6.45, 7) is 23.3. The highest BCUT2D eigenvalue weighted by Crippen LogP contribution is 2.31. The number of hydrogen-bond acceptors (Lipinski definition) is 17. The van der Waals surface area contributed by atoms with Crippen molar-refractivity contribution >= 4 is 57.4 Å². The van der Waals surface area contributed by atoms with Crippen LogP contribution in [-0.4, -0.2) is 164 Å². The lowest BCUT2D eigenvalue weighted by atomic mass is 9.85. The predicted molar refractivity (Wildman–Crippen MR) is 308 cm³/mol. The third-order valence-electron chi connectivity index (χ3n) is 14.2. The van der Waals surface area contributed by atoms with Crippen molar-refractivity contribution in [1.29, 1.82) is 0 Å². The molecule has 2 fully saturated rings. The van der Waals surface area contributed by atoms with E-state index in [0.717, 1.165) is 65.8 Å². The number of pyridine rings is 1. The van der Waals surface area contributed by atoms with E-state index < -0.39 is 35.1 Å². The topological polar surface area (TPSA) is 244 Å². The zero-order valence-corrected chi connectivity index (χ0v) is 47.7. The van der Waals surface area contributed by atoms with Crippen LogP contribution in [0.2, 0.25) is 0 Å². The molecule has 0 radical (unpaired) electrons. The summed E-state index contributed by atoms with van der Waals surface area (Å²) in [6, 6.07) is 19.1. The van der Waals surface area contributed by atoms with E-state index in [0.29, 0.717) is 54.9 Å². The van der Waals surface area contributed by atoms with Crippen LogP contribution in [0.15, 0.2) is 95.9 Å². The molecule has 428 valence electrons. The summed E-state index contributed by atoms with van der Waals surface area (Å²) in [7, 11) is 0. The number of benzene rings is 2. The molecule has 0 bridgehead atoms. The van der Waals surface area contributed by atoms with Gasteiger partial charge in [0.25, 0.3) is 5.56 Å². The smallest absolute Gasteiger partial charge is 0.278 e. The molecule has 22 heteroatoms. The number of aliphatic hydroxyl groups is 2. The zero-order chi connectivity index (χ0) is 57.1. The Bertz CT molecular complexity index is 3120. The average Bonchev–Trinajstić information content (AvgIpc) is 4.18. The van der Waals surface area contributed by atoms with Crippen molar-refractivity contribution in [3.63, 3.8) is 0 Å². The third-order valence-corrected chi connectivity index (χ3v) is 15.2. The van der Waals surface area contributed by atoms with Crippen LogP contribution in [0.5, 0.6) is 0 Å². The average molecular weight is 1120 g/mol. The summed E-state index contributed by atoms with van der Waals surface area (Å²) in [5.41, 5.74) is 5.30. The zero-order valence-electron chi connectivity index (χ0n) is 46.9. The van der Waals surface area contributed by atoms with Crippen molar-refractivity contribution in [1.82, 2.24) is 49.7 Å². The normalized spacial score (nSPS) is 16.9. The number of carbonyl (C=O) groups excluding carboxylic acids is 3. The molecule has 6 aromatic rings. The first-order chi connectivity index (χ1) is 38.3. The maximum atomic E-state index is 14.1. The van der Waals surface area contributed by atoms with E-state index in [1.54, 1.807) is 54.1 Å². The number of piperazine rings is 1. The lowest BCUT2D eigenvalue weighted by Gasteiger charge is -2.36. The van der Waals surface area contributed by atoms with Crippen LogP contribution < -0.4 is 26.4 Å². The summed E-state index contributed by atoms with van der Waals surface area (Å²) in [4.78, 5) is 79.7. The minimum atomic E-state index is -1.19. The second kappa shape index (κ2) is 26.6. The first-order valence-corrected chi connectivity index (χ1v) is 28.1. The number of β-amino-alcohol motifs (C(OH)–C–C–N with tert-alkyl or cyclic N) is 1. The first kappa shape index (κ1) is 59.2. The second-order valence-electron chi connectivity index (χ2n) is 21.8. The van der Waals surface area contributed by atoms with Gasteiger partial charge in [-0.15, -0.1) is 17.9 Å². The van der Waals surface area contributed by atoms with E-state index in [1.807, 2.05) is 76.5 Å². The number of fused-ring (bicyclic) bond motifs is 1. The van der Waals surface area contributed by atoms with E-state index >= 15 is 0 Å². The van der Waals surface area contributed by atoms with E-state index in [4.69, 9.17) is 19.2 Å². The molecule has 0 spiro atoms. The Labute approximate surface area is 471 Å². The summed E-state index contributed by atoms with van der Waals surface area (Å²) in [6.07, 6.45) is 2.39. The summed E-state index contributed by atoms with van der Waals surface area (Å²) in [5.74, 6) is -0.396. The number of nitrogens with zero attached hydrogens (tertiary/aromatic N) is 9. The molecule has 4 aromatic heterocycles. The fraction of sp³-hybridized carbons (Fsp3) is 0.483. The third kappa shape index (κ3) is 14.9. The Morgan fingerprint density at radius 2 is 1.56 bits per heavy atom. The summed E-state index contributed by atoms with van der Waals surface area (Å²) in [5, 5.41) is 30.8. The Hall–Kier alpha value is -6.92. The Morgan fingerprint density at radius 1 is 0.875 bits per heavy atom. The molecule has 2 aliphatic heterocycles. The highest BCUT2D eigenvalue weighted by molar-refractivity contribution is 7.13. The molecule has 0 saturated carbocycles. The number of rotatable bonds is 25. The minimum Gasteiger partial charge on any atom is -0.391 e. The molecule has 2 aromatic carbocycles. The number of nitrogens with one attached hydrogen (secondary N) is 3. The van der Waals surface area contributed by atoms with E-state index in [-0.39, 0.29) is 62.6 Å². The summed E-state index contributed by atoms with van der Waals surface area (Å²) >= 11 is 1.57. The van der Waals surface area contributed by atoms with Crippen molar-refractivity contribution in [2.45, 2.75) is 97.7 Å². The Morgan fingerprint density at radius 3 is 2.21 bits per heavy atom. The van der Waals surface area contributed by atoms with Gasteiger partial charge in [-0.2, -0.15) is 4.98 Å².